The maximum absolute atomic E-state index is 13.4. The summed E-state index contributed by atoms with van der Waals surface area (Å²) in [5.41, 5.74) is 5.29. The van der Waals surface area contributed by atoms with Crippen molar-refractivity contribution < 1.29 is 28.7 Å². The van der Waals surface area contributed by atoms with Crippen LogP contribution in [-0.2, 0) is 29.7 Å². The zero-order chi connectivity index (χ0) is 35.6. The Labute approximate surface area is 298 Å². The number of thiophene rings is 1. The minimum absolute atomic E-state index is 0.146. The third kappa shape index (κ3) is 5.68. The van der Waals surface area contributed by atoms with Crippen LogP contribution in [0.5, 0.6) is 11.5 Å². The van der Waals surface area contributed by atoms with Gasteiger partial charge in [0.05, 0.1) is 30.0 Å². The molecule has 0 aliphatic carbocycles. The molecule has 13 heteroatoms. The molecule has 4 aliphatic rings. The summed E-state index contributed by atoms with van der Waals surface area (Å²) in [6.07, 6.45) is 5.27. The fourth-order valence-corrected chi connectivity index (χ4v) is 9.24. The minimum Gasteiger partial charge on any atom is -0.496 e. The molecule has 12 nitrogen and oxygen atoms in total. The molecular weight excluding hydrogens is 671 g/mol. The Hall–Kier alpha value is -5.01. The van der Waals surface area contributed by atoms with Gasteiger partial charge in [-0.3, -0.25) is 34.2 Å². The van der Waals surface area contributed by atoms with Crippen LogP contribution < -0.4 is 25.2 Å². The van der Waals surface area contributed by atoms with E-state index in [1.807, 2.05) is 24.3 Å². The average Bonchev–Trinajstić information content (AvgIpc) is 3.70. The van der Waals surface area contributed by atoms with Gasteiger partial charge in [0, 0.05) is 72.8 Å². The first-order valence-corrected chi connectivity index (χ1v) is 18.0. The number of aromatic nitrogens is 1. The molecule has 2 aromatic heterocycles. The van der Waals surface area contributed by atoms with E-state index < -0.39 is 11.9 Å². The maximum Gasteiger partial charge on any atom is 0.259 e. The number of aryl methyl sites for hydroxylation is 1. The summed E-state index contributed by atoms with van der Waals surface area (Å²) in [5, 5.41) is 2.88. The molecule has 3 fully saturated rings. The number of methoxy groups -OCH3 is 2. The number of nitrogens with zero attached hydrogens (tertiary/aromatic N) is 4. The maximum atomic E-state index is 13.4. The van der Waals surface area contributed by atoms with E-state index in [9.17, 15) is 24.0 Å². The Bertz CT molecular complexity index is 2150. The molecule has 51 heavy (non-hydrogen) atoms. The highest BCUT2D eigenvalue weighted by Gasteiger charge is 2.46. The van der Waals surface area contributed by atoms with E-state index in [0.717, 1.165) is 77.9 Å². The first kappa shape index (κ1) is 33.2. The highest BCUT2D eigenvalue weighted by atomic mass is 32.1. The molecule has 3 saturated heterocycles. The van der Waals surface area contributed by atoms with Crippen LogP contribution in [0.3, 0.4) is 0 Å². The first-order valence-electron chi connectivity index (χ1n) is 17.2. The predicted molar refractivity (Wildman–Crippen MR) is 193 cm³/mol. The van der Waals surface area contributed by atoms with Gasteiger partial charge in [-0.15, -0.1) is 11.3 Å². The number of likely N-dealkylation sites (tertiary alicyclic amines) is 1. The lowest BCUT2D eigenvalue weighted by Gasteiger charge is -2.55. The molecule has 1 spiro atoms. The van der Waals surface area contributed by atoms with Gasteiger partial charge in [-0.25, -0.2) is 0 Å². The number of rotatable bonds is 8. The van der Waals surface area contributed by atoms with Crippen molar-refractivity contribution in [2.24, 2.45) is 12.5 Å². The largest absolute Gasteiger partial charge is 0.496 e. The molecule has 6 heterocycles. The molecule has 1 N–H and O–H groups in total. The summed E-state index contributed by atoms with van der Waals surface area (Å²) in [4.78, 5) is 68.7. The van der Waals surface area contributed by atoms with E-state index in [4.69, 9.17) is 9.47 Å². The van der Waals surface area contributed by atoms with E-state index in [0.29, 0.717) is 46.8 Å². The zero-order valence-corrected chi connectivity index (χ0v) is 29.6. The first-order chi connectivity index (χ1) is 24.6. The van der Waals surface area contributed by atoms with E-state index in [2.05, 4.69) is 21.2 Å². The lowest BCUT2D eigenvalue weighted by atomic mass is 9.71. The van der Waals surface area contributed by atoms with Gasteiger partial charge < -0.3 is 23.8 Å². The smallest absolute Gasteiger partial charge is 0.259 e. The Kier molecular flexibility index (Phi) is 8.22. The Morgan fingerprint density at radius 2 is 1.71 bits per heavy atom. The summed E-state index contributed by atoms with van der Waals surface area (Å²) in [5.74, 6) is 0.579. The van der Waals surface area contributed by atoms with Crippen LogP contribution in [0.2, 0.25) is 0 Å². The van der Waals surface area contributed by atoms with Crippen LogP contribution in [0.1, 0.15) is 56.8 Å². The summed E-state index contributed by atoms with van der Waals surface area (Å²) >= 11 is 1.30. The predicted octanol–water partition coefficient (Wildman–Crippen LogP) is 3.96. The van der Waals surface area contributed by atoms with Crippen molar-refractivity contribution in [3.8, 4) is 22.6 Å². The topological polar surface area (TPSA) is 130 Å². The van der Waals surface area contributed by atoms with Gasteiger partial charge in [0.2, 0.25) is 11.8 Å². The monoisotopic (exact) mass is 709 g/mol. The molecule has 0 bridgehead atoms. The summed E-state index contributed by atoms with van der Waals surface area (Å²) in [6.45, 7) is 4.75. The molecule has 1 atom stereocenters. The summed E-state index contributed by atoms with van der Waals surface area (Å²) < 4.78 is 14.1. The van der Waals surface area contributed by atoms with E-state index in [1.54, 1.807) is 43.0 Å². The molecule has 0 radical (unpaired) electrons. The molecule has 3 amide bonds. The van der Waals surface area contributed by atoms with Gasteiger partial charge in [0.15, 0.2) is 6.29 Å². The number of pyridine rings is 1. The number of fused-ring (bicyclic) bond motifs is 2. The summed E-state index contributed by atoms with van der Waals surface area (Å²) in [6, 6.07) is 11.0. The number of amides is 3. The van der Waals surface area contributed by atoms with Crippen LogP contribution in [0.25, 0.3) is 21.2 Å². The van der Waals surface area contributed by atoms with Crippen LogP contribution in [0.4, 0.5) is 5.69 Å². The SMILES string of the molecule is COc1cc(-c2cn(C)c(=O)c3cc(C=O)sc23)cc(OC)c1CN1CCC2(CC1)CN(c1ccc3c(c1)C(=O)N(C1CCC(=O)NC1=O)C3)C2. The van der Waals surface area contributed by atoms with Crippen molar-refractivity contribution in [1.29, 1.82) is 0 Å². The Morgan fingerprint density at radius 3 is 2.37 bits per heavy atom. The van der Waals surface area contributed by atoms with Crippen LogP contribution in [0.15, 0.2) is 47.4 Å². The number of benzene rings is 2. The number of aldehydes is 1. The van der Waals surface area contributed by atoms with Crippen molar-refractivity contribution in [3.05, 3.63) is 74.5 Å². The highest BCUT2D eigenvalue weighted by Crippen LogP contribution is 2.45. The van der Waals surface area contributed by atoms with Crippen molar-refractivity contribution >= 4 is 51.1 Å². The van der Waals surface area contributed by atoms with Gasteiger partial charge in [-0.2, -0.15) is 0 Å². The number of nitrogens with one attached hydrogen (secondary N) is 1. The van der Waals surface area contributed by atoms with Crippen molar-refractivity contribution in [2.45, 2.75) is 44.8 Å². The highest BCUT2D eigenvalue weighted by molar-refractivity contribution is 7.21. The molecule has 4 aliphatic heterocycles. The average molecular weight is 710 g/mol. The van der Waals surface area contributed by atoms with Gasteiger partial charge in [0.1, 0.15) is 17.5 Å². The third-order valence-electron chi connectivity index (χ3n) is 11.1. The standard InChI is InChI=1S/C38H39N5O7S/c1-40-17-28(34-27(36(40)47)15-25(19-44)51-34)23-12-31(49-2)29(32(13-23)50-3)18-41-10-8-38(9-11-41)20-42(21-38)24-5-4-22-16-43(37(48)26(22)14-24)30-6-7-33(45)39-35(30)46/h4-5,12-15,17,19,30H,6-11,16,18,20-21H2,1-3H3,(H,39,45,46). The second-order valence-electron chi connectivity index (χ2n) is 14.2. The van der Waals surface area contributed by atoms with Crippen molar-refractivity contribution in [2.75, 3.05) is 45.3 Å². The van der Waals surface area contributed by atoms with Gasteiger partial charge in [-0.05, 0) is 73.8 Å². The van der Waals surface area contributed by atoms with Crippen LogP contribution in [0, 0.1) is 5.41 Å². The van der Waals surface area contributed by atoms with E-state index in [-0.39, 0.29) is 29.2 Å². The van der Waals surface area contributed by atoms with Crippen molar-refractivity contribution in [3.63, 3.8) is 0 Å². The second-order valence-corrected chi connectivity index (χ2v) is 15.3. The molecule has 8 rings (SSSR count). The van der Waals surface area contributed by atoms with E-state index in [1.165, 1.54) is 11.3 Å². The number of piperidine rings is 2. The van der Waals surface area contributed by atoms with Crippen LogP contribution in [-0.4, -0.2) is 84.8 Å². The molecule has 4 aromatic rings. The molecule has 0 saturated carbocycles. The van der Waals surface area contributed by atoms with Crippen LogP contribution >= 0.6 is 11.3 Å². The fourth-order valence-electron chi connectivity index (χ4n) is 8.24. The van der Waals surface area contributed by atoms with Crippen molar-refractivity contribution in [1.82, 2.24) is 19.7 Å². The number of carbonyl (C=O) groups excluding carboxylic acids is 4. The van der Waals surface area contributed by atoms with E-state index >= 15 is 0 Å². The Balaban J connectivity index is 0.935. The van der Waals surface area contributed by atoms with Gasteiger partial charge in [0.25, 0.3) is 11.5 Å². The minimum atomic E-state index is -0.614. The zero-order valence-electron chi connectivity index (χ0n) is 28.8. The number of anilines is 1. The number of hydrogen-bond donors (Lipinski definition) is 1. The molecule has 2 aromatic carbocycles. The van der Waals surface area contributed by atoms with Gasteiger partial charge >= 0.3 is 0 Å². The molecule has 264 valence electrons. The number of ether oxygens (including phenoxy) is 2. The molecular formula is C38H39N5O7S. The third-order valence-corrected chi connectivity index (χ3v) is 12.2. The summed E-state index contributed by atoms with van der Waals surface area (Å²) in [7, 11) is 5.02. The number of carbonyl (C=O) groups is 4. The number of hydrogen-bond acceptors (Lipinski definition) is 10. The fraction of sp³-hybridized carbons (Fsp3) is 0.395. The normalized spacial score (nSPS) is 20.1. The van der Waals surface area contributed by atoms with Gasteiger partial charge in [-0.1, -0.05) is 6.07 Å². The number of imide groups is 1. The second kappa shape index (κ2) is 12.6. The lowest BCUT2D eigenvalue weighted by Crippen LogP contribution is -2.60. The lowest BCUT2D eigenvalue weighted by molar-refractivity contribution is -0.136. The Morgan fingerprint density at radius 1 is 0.980 bits per heavy atom. The quantitative estimate of drug-likeness (QED) is 0.214. The molecule has 1 unspecified atom stereocenters.